The first-order valence-corrected chi connectivity index (χ1v) is 11.6. The molecule has 1 N–H and O–H groups in total. The minimum absolute atomic E-state index is 0.0900. The van der Waals surface area contributed by atoms with Crippen molar-refractivity contribution in [2.24, 2.45) is 0 Å². The molecule has 0 aromatic heterocycles. The van der Waals surface area contributed by atoms with Crippen LogP contribution in [0.2, 0.25) is 0 Å². The third-order valence-corrected chi connectivity index (χ3v) is 7.01. The molecule has 1 fully saturated rings. The number of nitrogens with zero attached hydrogens (tertiary/aromatic N) is 1. The summed E-state index contributed by atoms with van der Waals surface area (Å²) in [6.45, 7) is 3.63. The molecular weight excluding hydrogens is 380 g/mol. The molecule has 5 nitrogen and oxygen atoms in total. The number of rotatable bonds is 6. The van der Waals surface area contributed by atoms with E-state index in [2.05, 4.69) is 4.72 Å². The van der Waals surface area contributed by atoms with Crippen LogP contribution in [0.5, 0.6) is 0 Å². The van der Waals surface area contributed by atoms with E-state index in [-0.39, 0.29) is 17.3 Å². The highest BCUT2D eigenvalue weighted by Crippen LogP contribution is 2.26. The highest BCUT2D eigenvalue weighted by molar-refractivity contribution is 7.98. The summed E-state index contributed by atoms with van der Waals surface area (Å²) in [6.07, 6.45) is 3.88. The van der Waals surface area contributed by atoms with Crippen molar-refractivity contribution in [1.82, 2.24) is 9.62 Å². The van der Waals surface area contributed by atoms with Gasteiger partial charge in [0.1, 0.15) is 0 Å². The van der Waals surface area contributed by atoms with Gasteiger partial charge in [-0.15, -0.1) is 11.8 Å². The van der Waals surface area contributed by atoms with Crippen molar-refractivity contribution < 1.29 is 13.2 Å². The molecule has 27 heavy (non-hydrogen) atoms. The fourth-order valence-corrected chi connectivity index (χ4v) is 4.78. The molecule has 1 saturated heterocycles. The molecule has 2 aromatic carbocycles. The number of thioether (sulfide) groups is 1. The number of carbonyl (C=O) groups excluding carboxylic acids is 1. The Balaban J connectivity index is 1.85. The van der Waals surface area contributed by atoms with Crippen LogP contribution in [0.25, 0.3) is 0 Å². The third-order valence-electron chi connectivity index (χ3n) is 4.82. The number of likely N-dealkylation sites (tertiary alicyclic amines) is 1. The Labute approximate surface area is 165 Å². The second-order valence-electron chi connectivity index (χ2n) is 6.61. The summed E-state index contributed by atoms with van der Waals surface area (Å²) in [7, 11) is -3.71. The summed E-state index contributed by atoms with van der Waals surface area (Å²) in [5, 5.41) is 0. The van der Waals surface area contributed by atoms with Crippen molar-refractivity contribution in [3.8, 4) is 0 Å². The molecule has 2 aromatic rings. The SMILES string of the molecule is CSc1ccc(S(=O)(=O)NCc2ccccc2C)cc1C(=O)N1CCCC1. The van der Waals surface area contributed by atoms with Crippen molar-refractivity contribution in [3.63, 3.8) is 0 Å². The van der Waals surface area contributed by atoms with E-state index in [1.54, 1.807) is 17.0 Å². The second-order valence-corrected chi connectivity index (χ2v) is 9.23. The average molecular weight is 405 g/mol. The molecule has 0 atom stereocenters. The summed E-state index contributed by atoms with van der Waals surface area (Å²) < 4.78 is 28.2. The number of hydrogen-bond acceptors (Lipinski definition) is 4. The molecule has 0 saturated carbocycles. The van der Waals surface area contributed by atoms with Crippen molar-refractivity contribution in [2.75, 3.05) is 19.3 Å². The maximum Gasteiger partial charge on any atom is 0.255 e. The number of benzene rings is 2. The largest absolute Gasteiger partial charge is 0.339 e. The van der Waals surface area contributed by atoms with Crippen LogP contribution in [-0.2, 0) is 16.6 Å². The Morgan fingerprint density at radius 3 is 2.52 bits per heavy atom. The van der Waals surface area contributed by atoms with E-state index in [9.17, 15) is 13.2 Å². The molecule has 1 aliphatic rings. The van der Waals surface area contributed by atoms with Crippen LogP contribution < -0.4 is 4.72 Å². The molecule has 0 radical (unpaired) electrons. The summed E-state index contributed by atoms with van der Waals surface area (Å²) in [5.74, 6) is -0.0900. The molecule has 7 heteroatoms. The van der Waals surface area contributed by atoms with Crippen LogP contribution in [0.1, 0.15) is 34.3 Å². The number of amides is 1. The van der Waals surface area contributed by atoms with E-state index < -0.39 is 10.0 Å². The fourth-order valence-electron chi connectivity index (χ4n) is 3.18. The maximum atomic E-state index is 12.8. The van der Waals surface area contributed by atoms with E-state index in [1.807, 2.05) is 37.4 Å². The Hall–Kier alpha value is -1.83. The zero-order chi connectivity index (χ0) is 19.4. The van der Waals surface area contributed by atoms with Crippen LogP contribution >= 0.6 is 11.8 Å². The Kier molecular flexibility index (Phi) is 6.24. The molecule has 1 amide bonds. The van der Waals surface area contributed by atoms with Crippen LogP contribution in [0.4, 0.5) is 0 Å². The predicted octanol–water partition coefficient (Wildman–Crippen LogP) is 3.43. The van der Waals surface area contributed by atoms with Gasteiger partial charge in [-0.1, -0.05) is 24.3 Å². The van der Waals surface area contributed by atoms with Crippen molar-refractivity contribution >= 4 is 27.7 Å². The number of nitrogens with one attached hydrogen (secondary N) is 1. The van der Waals surface area contributed by atoms with Gasteiger partial charge in [0.05, 0.1) is 10.5 Å². The summed E-state index contributed by atoms with van der Waals surface area (Å²) in [5.41, 5.74) is 2.42. The van der Waals surface area contributed by atoms with Crippen molar-refractivity contribution in [2.45, 2.75) is 36.1 Å². The zero-order valence-electron chi connectivity index (χ0n) is 15.6. The quantitative estimate of drug-likeness (QED) is 0.749. The maximum absolute atomic E-state index is 12.8. The lowest BCUT2D eigenvalue weighted by molar-refractivity contribution is 0.0789. The van der Waals surface area contributed by atoms with Crippen LogP contribution in [-0.4, -0.2) is 38.6 Å². The monoisotopic (exact) mass is 404 g/mol. The lowest BCUT2D eigenvalue weighted by Gasteiger charge is -2.18. The highest BCUT2D eigenvalue weighted by atomic mass is 32.2. The van der Waals surface area contributed by atoms with Gasteiger partial charge in [-0.3, -0.25) is 4.79 Å². The first-order chi connectivity index (χ1) is 12.9. The van der Waals surface area contributed by atoms with Gasteiger partial charge in [-0.2, -0.15) is 0 Å². The van der Waals surface area contributed by atoms with Gasteiger partial charge in [-0.05, 0) is 55.3 Å². The van der Waals surface area contributed by atoms with E-state index in [0.717, 1.165) is 42.0 Å². The summed E-state index contributed by atoms with van der Waals surface area (Å²) in [4.78, 5) is 15.5. The second kappa shape index (κ2) is 8.46. The van der Waals surface area contributed by atoms with Crippen LogP contribution in [0.3, 0.4) is 0 Å². The smallest absolute Gasteiger partial charge is 0.255 e. The molecule has 3 rings (SSSR count). The minimum Gasteiger partial charge on any atom is -0.339 e. The fraction of sp³-hybridized carbons (Fsp3) is 0.350. The van der Waals surface area contributed by atoms with Gasteiger partial charge in [0.25, 0.3) is 5.91 Å². The standard InChI is InChI=1S/C20H24N2O3S2/c1-15-7-3-4-8-16(15)14-21-27(24,25)17-9-10-19(26-2)18(13-17)20(23)22-11-5-6-12-22/h3-4,7-10,13,21H,5-6,11-12,14H2,1-2H3. The zero-order valence-corrected chi connectivity index (χ0v) is 17.2. The number of hydrogen-bond donors (Lipinski definition) is 1. The van der Waals surface area contributed by atoms with Gasteiger partial charge < -0.3 is 4.90 Å². The highest BCUT2D eigenvalue weighted by Gasteiger charge is 2.24. The average Bonchev–Trinajstić information content (AvgIpc) is 3.21. The van der Waals surface area contributed by atoms with E-state index in [1.165, 1.54) is 17.8 Å². The van der Waals surface area contributed by atoms with Crippen molar-refractivity contribution in [3.05, 3.63) is 59.2 Å². The molecular formula is C20H24N2O3S2. The summed E-state index contributed by atoms with van der Waals surface area (Å²) in [6, 6.07) is 12.4. The van der Waals surface area contributed by atoms with Crippen LogP contribution in [0, 0.1) is 6.92 Å². The van der Waals surface area contributed by atoms with E-state index in [4.69, 9.17) is 0 Å². The Morgan fingerprint density at radius 1 is 1.15 bits per heavy atom. The van der Waals surface area contributed by atoms with Gasteiger partial charge in [0.15, 0.2) is 0 Å². The lowest BCUT2D eigenvalue weighted by atomic mass is 10.1. The topological polar surface area (TPSA) is 66.5 Å². The van der Waals surface area contributed by atoms with Gasteiger partial charge in [-0.25, -0.2) is 13.1 Å². The first kappa shape index (κ1) is 19.9. The normalized spacial score (nSPS) is 14.5. The van der Waals surface area contributed by atoms with E-state index in [0.29, 0.717) is 5.56 Å². The van der Waals surface area contributed by atoms with Crippen molar-refractivity contribution in [1.29, 1.82) is 0 Å². The lowest BCUT2D eigenvalue weighted by Crippen LogP contribution is -2.29. The molecule has 1 aliphatic heterocycles. The van der Waals surface area contributed by atoms with Gasteiger partial charge >= 0.3 is 0 Å². The molecule has 0 unspecified atom stereocenters. The van der Waals surface area contributed by atoms with Crippen LogP contribution in [0.15, 0.2) is 52.3 Å². The predicted molar refractivity (Wildman–Crippen MR) is 109 cm³/mol. The van der Waals surface area contributed by atoms with E-state index >= 15 is 0 Å². The summed E-state index contributed by atoms with van der Waals surface area (Å²) >= 11 is 1.45. The number of sulfonamides is 1. The molecule has 0 aliphatic carbocycles. The minimum atomic E-state index is -3.71. The van der Waals surface area contributed by atoms with Gasteiger partial charge in [0, 0.05) is 24.5 Å². The molecule has 0 bridgehead atoms. The van der Waals surface area contributed by atoms with Gasteiger partial charge in [0.2, 0.25) is 10.0 Å². The number of carbonyl (C=O) groups is 1. The molecule has 0 spiro atoms. The third kappa shape index (κ3) is 4.54. The number of aryl methyl sites for hydroxylation is 1. The molecule has 144 valence electrons. The first-order valence-electron chi connectivity index (χ1n) is 8.94. The molecule has 1 heterocycles. The Morgan fingerprint density at radius 2 is 1.85 bits per heavy atom. The Bertz CT molecular complexity index is 936.